The molecule has 1 N–H and O–H groups in total. The zero-order valence-corrected chi connectivity index (χ0v) is 20.5. The maximum Gasteiger partial charge on any atom is 0.242 e. The van der Waals surface area contributed by atoms with Crippen molar-refractivity contribution in [3.63, 3.8) is 0 Å². The molecule has 11 heteroatoms. The van der Waals surface area contributed by atoms with Crippen molar-refractivity contribution in [3.8, 4) is 5.75 Å². The van der Waals surface area contributed by atoms with Gasteiger partial charge in [-0.1, -0.05) is 26.0 Å². The Morgan fingerprint density at radius 1 is 1.06 bits per heavy atom. The van der Waals surface area contributed by atoms with E-state index in [-0.39, 0.29) is 35.3 Å². The molecule has 0 aliphatic carbocycles. The van der Waals surface area contributed by atoms with Crippen LogP contribution in [0, 0.1) is 0 Å². The maximum atomic E-state index is 12.9. The van der Waals surface area contributed by atoms with E-state index in [1.807, 2.05) is 38.1 Å². The minimum absolute atomic E-state index is 0.0108. The van der Waals surface area contributed by atoms with Gasteiger partial charge in [0.2, 0.25) is 26.0 Å². The Hall–Kier alpha value is -2.47. The fourth-order valence-electron chi connectivity index (χ4n) is 3.85. The summed E-state index contributed by atoms with van der Waals surface area (Å²) in [4.78, 5) is 14.1. The molecule has 0 bridgehead atoms. The normalized spacial score (nSPS) is 16.8. The summed E-state index contributed by atoms with van der Waals surface area (Å²) < 4.78 is 58.7. The molecule has 0 spiro atoms. The van der Waals surface area contributed by atoms with Gasteiger partial charge in [-0.3, -0.25) is 9.69 Å². The maximum absolute atomic E-state index is 12.9. The summed E-state index contributed by atoms with van der Waals surface area (Å²) in [5.41, 5.74) is 1.09. The lowest BCUT2D eigenvalue weighted by atomic mass is 10.1. The first-order valence-corrected chi connectivity index (χ1v) is 13.8. The Morgan fingerprint density at radius 3 is 2.15 bits per heavy atom. The van der Waals surface area contributed by atoms with Gasteiger partial charge in [0.25, 0.3) is 0 Å². The van der Waals surface area contributed by atoms with Gasteiger partial charge in [0.15, 0.2) is 0 Å². The van der Waals surface area contributed by atoms with E-state index in [4.69, 9.17) is 4.74 Å². The standard InChI is InChI=1S/C22H29N3O6S2/c1-4-24(5-2)21(17-6-10-19(31-3)11-7-17)16-23-33(29,30)20-12-8-18(9-13-20)25-22(26)14-15-32(25,27)28/h6-13,21,23H,4-5,14-16H2,1-3H3/t21-/m0/s1. The number of hydrogen-bond donors (Lipinski definition) is 1. The molecule has 1 fully saturated rings. The molecule has 0 unspecified atom stereocenters. The van der Waals surface area contributed by atoms with Crippen LogP contribution >= 0.6 is 0 Å². The first-order chi connectivity index (χ1) is 15.6. The first-order valence-electron chi connectivity index (χ1n) is 10.7. The molecule has 0 aromatic heterocycles. The minimum Gasteiger partial charge on any atom is -0.497 e. The topological polar surface area (TPSA) is 113 Å². The summed E-state index contributed by atoms with van der Waals surface area (Å²) in [6.45, 7) is 5.66. The fraction of sp³-hybridized carbons (Fsp3) is 0.409. The number of carbonyl (C=O) groups is 1. The molecule has 3 rings (SSSR count). The van der Waals surface area contributed by atoms with Crippen LogP contribution in [0.25, 0.3) is 0 Å². The van der Waals surface area contributed by atoms with Crippen molar-refractivity contribution in [1.82, 2.24) is 9.62 Å². The van der Waals surface area contributed by atoms with Gasteiger partial charge in [0.1, 0.15) is 5.75 Å². The highest BCUT2D eigenvalue weighted by molar-refractivity contribution is 7.94. The molecular formula is C22H29N3O6S2. The van der Waals surface area contributed by atoms with E-state index in [2.05, 4.69) is 9.62 Å². The van der Waals surface area contributed by atoms with E-state index in [9.17, 15) is 21.6 Å². The van der Waals surface area contributed by atoms with Gasteiger partial charge in [0.05, 0.1) is 23.4 Å². The number of rotatable bonds is 10. The summed E-state index contributed by atoms with van der Waals surface area (Å²) in [7, 11) is -5.98. The molecule has 0 radical (unpaired) electrons. The smallest absolute Gasteiger partial charge is 0.242 e. The highest BCUT2D eigenvalue weighted by atomic mass is 32.2. The first kappa shape index (κ1) is 25.2. The van der Waals surface area contributed by atoms with Crippen LogP contribution in [0.15, 0.2) is 53.4 Å². The molecule has 2 aromatic carbocycles. The van der Waals surface area contributed by atoms with Gasteiger partial charge in [0, 0.05) is 19.0 Å². The third-order valence-corrected chi connectivity index (χ3v) is 8.81. The van der Waals surface area contributed by atoms with Crippen LogP contribution < -0.4 is 13.8 Å². The fourth-order valence-corrected chi connectivity index (χ4v) is 6.35. The third-order valence-electron chi connectivity index (χ3n) is 5.68. The number of likely N-dealkylation sites (N-methyl/N-ethyl adjacent to an activating group) is 1. The Bertz CT molecular complexity index is 1180. The molecule has 1 heterocycles. The van der Waals surface area contributed by atoms with Crippen LogP contribution in [0.5, 0.6) is 5.75 Å². The highest BCUT2D eigenvalue weighted by Crippen LogP contribution is 2.27. The van der Waals surface area contributed by atoms with Gasteiger partial charge >= 0.3 is 0 Å². The number of ether oxygens (including phenoxy) is 1. The molecule has 1 atom stereocenters. The number of sulfonamides is 2. The number of methoxy groups -OCH3 is 1. The summed E-state index contributed by atoms with van der Waals surface area (Å²) in [6.07, 6.45) is -0.0813. The zero-order chi connectivity index (χ0) is 24.2. The van der Waals surface area contributed by atoms with Crippen molar-refractivity contribution in [1.29, 1.82) is 0 Å². The Morgan fingerprint density at radius 2 is 1.67 bits per heavy atom. The summed E-state index contributed by atoms with van der Waals surface area (Å²) in [5, 5.41) is 0. The van der Waals surface area contributed by atoms with Gasteiger partial charge in [-0.25, -0.2) is 25.9 Å². The van der Waals surface area contributed by atoms with E-state index in [1.54, 1.807) is 7.11 Å². The number of anilines is 1. The second-order valence-corrected chi connectivity index (χ2v) is 11.3. The van der Waals surface area contributed by atoms with Gasteiger partial charge in [-0.15, -0.1) is 0 Å². The molecule has 9 nitrogen and oxygen atoms in total. The number of nitrogens with one attached hydrogen (secondary N) is 1. The number of nitrogens with zero attached hydrogens (tertiary/aromatic N) is 2. The molecule has 1 saturated heterocycles. The summed E-state index contributed by atoms with van der Waals surface area (Å²) in [6, 6.07) is 12.6. The highest BCUT2D eigenvalue weighted by Gasteiger charge is 2.36. The van der Waals surface area contributed by atoms with Crippen LogP contribution in [0.4, 0.5) is 5.69 Å². The predicted molar refractivity (Wildman–Crippen MR) is 126 cm³/mol. The summed E-state index contributed by atoms with van der Waals surface area (Å²) in [5.74, 6) is -0.0487. The van der Waals surface area contributed by atoms with Crippen molar-refractivity contribution in [3.05, 3.63) is 54.1 Å². The van der Waals surface area contributed by atoms with Gasteiger partial charge in [-0.2, -0.15) is 0 Å². The van der Waals surface area contributed by atoms with Crippen LogP contribution in [-0.2, 0) is 24.8 Å². The molecule has 2 aromatic rings. The molecule has 1 aliphatic heterocycles. The van der Waals surface area contributed by atoms with Crippen molar-refractivity contribution in [2.24, 2.45) is 0 Å². The lowest BCUT2D eigenvalue weighted by Gasteiger charge is -2.30. The molecular weight excluding hydrogens is 466 g/mol. The number of hydrogen-bond acceptors (Lipinski definition) is 7. The minimum atomic E-state index is -3.86. The van der Waals surface area contributed by atoms with Gasteiger partial charge < -0.3 is 4.74 Å². The number of benzene rings is 2. The van der Waals surface area contributed by atoms with Crippen molar-refractivity contribution in [2.75, 3.05) is 36.8 Å². The van der Waals surface area contributed by atoms with E-state index >= 15 is 0 Å². The summed E-state index contributed by atoms with van der Waals surface area (Å²) >= 11 is 0. The van der Waals surface area contributed by atoms with E-state index in [0.717, 1.165) is 28.7 Å². The van der Waals surface area contributed by atoms with Gasteiger partial charge in [-0.05, 0) is 55.1 Å². The number of carbonyl (C=O) groups excluding carboxylic acids is 1. The molecule has 33 heavy (non-hydrogen) atoms. The van der Waals surface area contributed by atoms with E-state index < -0.39 is 26.0 Å². The lowest BCUT2D eigenvalue weighted by Crippen LogP contribution is -2.38. The van der Waals surface area contributed by atoms with Crippen molar-refractivity contribution >= 4 is 31.6 Å². The Kier molecular flexibility index (Phi) is 7.78. The largest absolute Gasteiger partial charge is 0.497 e. The Labute approximate surface area is 195 Å². The Balaban J connectivity index is 1.79. The average Bonchev–Trinajstić information content (AvgIpc) is 3.08. The van der Waals surface area contributed by atoms with Crippen LogP contribution in [-0.4, -0.2) is 60.1 Å². The predicted octanol–water partition coefficient (Wildman–Crippen LogP) is 2.12. The van der Waals surface area contributed by atoms with Crippen LogP contribution in [0.3, 0.4) is 0 Å². The average molecular weight is 496 g/mol. The van der Waals surface area contributed by atoms with Crippen LogP contribution in [0.2, 0.25) is 0 Å². The molecule has 0 saturated carbocycles. The molecule has 180 valence electrons. The van der Waals surface area contributed by atoms with E-state index in [0.29, 0.717) is 0 Å². The van der Waals surface area contributed by atoms with Crippen LogP contribution in [0.1, 0.15) is 31.9 Å². The lowest BCUT2D eigenvalue weighted by molar-refractivity contribution is -0.116. The van der Waals surface area contributed by atoms with E-state index in [1.165, 1.54) is 24.3 Å². The molecule has 1 aliphatic rings. The number of amides is 1. The third kappa shape index (κ3) is 5.55. The zero-order valence-electron chi connectivity index (χ0n) is 18.9. The second-order valence-electron chi connectivity index (χ2n) is 7.58. The quantitative estimate of drug-likeness (QED) is 0.537. The SMILES string of the molecule is CCN(CC)[C@@H](CNS(=O)(=O)c1ccc(N2C(=O)CCS2(=O)=O)cc1)c1ccc(OC)cc1. The second kappa shape index (κ2) is 10.2. The monoisotopic (exact) mass is 495 g/mol. The van der Waals surface area contributed by atoms with Crippen molar-refractivity contribution < 1.29 is 26.4 Å². The molecule has 1 amide bonds. The van der Waals surface area contributed by atoms with Crippen molar-refractivity contribution in [2.45, 2.75) is 31.2 Å².